The molecule has 0 radical (unpaired) electrons. The number of fused-ring (bicyclic) bond motifs is 1. The first kappa shape index (κ1) is 13.3. The van der Waals surface area contributed by atoms with Crippen LogP contribution in [0.3, 0.4) is 0 Å². The fraction of sp³-hybridized carbons (Fsp3) is 0.643. The molecule has 2 saturated heterocycles. The third-order valence-corrected chi connectivity index (χ3v) is 4.16. The van der Waals surface area contributed by atoms with Crippen LogP contribution in [0, 0.1) is 0 Å². The van der Waals surface area contributed by atoms with Crippen LogP contribution in [0.2, 0.25) is 0 Å². The SMILES string of the molecule is CCNc1cnc(C(=O)NC2CCN3CCCC23)cn1. The van der Waals surface area contributed by atoms with Crippen LogP contribution in [0.15, 0.2) is 12.4 Å². The zero-order valence-corrected chi connectivity index (χ0v) is 11.8. The molecule has 20 heavy (non-hydrogen) atoms. The first-order valence-electron chi connectivity index (χ1n) is 7.38. The van der Waals surface area contributed by atoms with Crippen molar-refractivity contribution in [2.45, 2.75) is 38.3 Å². The first-order valence-corrected chi connectivity index (χ1v) is 7.38. The van der Waals surface area contributed by atoms with Crippen molar-refractivity contribution >= 4 is 11.7 Å². The molecule has 0 bridgehead atoms. The van der Waals surface area contributed by atoms with Gasteiger partial charge in [0.1, 0.15) is 11.5 Å². The Morgan fingerprint density at radius 3 is 3.00 bits per heavy atom. The van der Waals surface area contributed by atoms with E-state index in [1.165, 1.54) is 25.6 Å². The molecule has 2 atom stereocenters. The standard InChI is InChI=1S/C14H21N5O/c1-2-15-13-9-16-11(8-17-13)14(20)18-10-5-7-19-6-3-4-12(10)19/h8-10,12H,2-7H2,1H3,(H,15,17)(H,18,20). The molecule has 1 aromatic rings. The second kappa shape index (κ2) is 5.75. The minimum absolute atomic E-state index is 0.112. The van der Waals surface area contributed by atoms with Gasteiger partial charge < -0.3 is 10.6 Å². The molecule has 6 heteroatoms. The quantitative estimate of drug-likeness (QED) is 0.853. The van der Waals surface area contributed by atoms with Gasteiger partial charge in [0.05, 0.1) is 12.4 Å². The molecule has 2 unspecified atom stereocenters. The van der Waals surface area contributed by atoms with E-state index in [9.17, 15) is 4.79 Å². The third-order valence-electron chi connectivity index (χ3n) is 4.16. The van der Waals surface area contributed by atoms with E-state index in [2.05, 4.69) is 25.5 Å². The van der Waals surface area contributed by atoms with Crippen molar-refractivity contribution in [2.24, 2.45) is 0 Å². The number of rotatable bonds is 4. The molecule has 2 N–H and O–H groups in total. The average molecular weight is 275 g/mol. The van der Waals surface area contributed by atoms with E-state index < -0.39 is 0 Å². The van der Waals surface area contributed by atoms with Crippen molar-refractivity contribution in [2.75, 3.05) is 25.0 Å². The van der Waals surface area contributed by atoms with Crippen molar-refractivity contribution in [3.05, 3.63) is 18.1 Å². The Hall–Kier alpha value is -1.69. The predicted octanol–water partition coefficient (Wildman–Crippen LogP) is 0.875. The van der Waals surface area contributed by atoms with Crippen LogP contribution >= 0.6 is 0 Å². The van der Waals surface area contributed by atoms with E-state index in [-0.39, 0.29) is 11.9 Å². The van der Waals surface area contributed by atoms with Gasteiger partial charge in [-0.05, 0) is 32.7 Å². The number of anilines is 1. The maximum Gasteiger partial charge on any atom is 0.271 e. The normalized spacial score (nSPS) is 25.4. The van der Waals surface area contributed by atoms with Gasteiger partial charge in [0.2, 0.25) is 0 Å². The summed E-state index contributed by atoms with van der Waals surface area (Å²) in [6.07, 6.45) is 6.62. The molecule has 6 nitrogen and oxygen atoms in total. The maximum absolute atomic E-state index is 12.2. The number of hydrogen-bond acceptors (Lipinski definition) is 5. The number of carbonyl (C=O) groups excluding carboxylic acids is 1. The van der Waals surface area contributed by atoms with E-state index in [4.69, 9.17) is 0 Å². The molecule has 2 aliphatic heterocycles. The van der Waals surface area contributed by atoms with Gasteiger partial charge in [-0.2, -0.15) is 0 Å². The van der Waals surface area contributed by atoms with Crippen LogP contribution in [0.1, 0.15) is 36.7 Å². The minimum Gasteiger partial charge on any atom is -0.369 e. The molecular weight excluding hydrogens is 254 g/mol. The molecule has 0 aromatic carbocycles. The largest absolute Gasteiger partial charge is 0.369 e. The van der Waals surface area contributed by atoms with Gasteiger partial charge in [0.25, 0.3) is 5.91 Å². The lowest BCUT2D eigenvalue weighted by Crippen LogP contribution is -2.42. The van der Waals surface area contributed by atoms with Crippen molar-refractivity contribution in [3.8, 4) is 0 Å². The molecule has 1 amide bonds. The zero-order valence-electron chi connectivity index (χ0n) is 11.8. The lowest BCUT2D eigenvalue weighted by molar-refractivity contribution is 0.0924. The Labute approximate surface area is 119 Å². The summed E-state index contributed by atoms with van der Waals surface area (Å²) >= 11 is 0. The molecule has 108 valence electrons. The average Bonchev–Trinajstić information content (AvgIpc) is 3.05. The Morgan fingerprint density at radius 2 is 2.25 bits per heavy atom. The summed E-state index contributed by atoms with van der Waals surface area (Å²) in [5.41, 5.74) is 0.392. The number of nitrogens with one attached hydrogen (secondary N) is 2. The van der Waals surface area contributed by atoms with Gasteiger partial charge in [-0.1, -0.05) is 0 Å². The van der Waals surface area contributed by atoms with Crippen LogP contribution < -0.4 is 10.6 Å². The summed E-state index contributed by atoms with van der Waals surface area (Å²) in [7, 11) is 0. The van der Waals surface area contributed by atoms with Gasteiger partial charge in [-0.3, -0.25) is 9.69 Å². The van der Waals surface area contributed by atoms with Crippen LogP contribution in [-0.4, -0.2) is 52.5 Å². The smallest absolute Gasteiger partial charge is 0.271 e. The monoisotopic (exact) mass is 275 g/mol. The number of aromatic nitrogens is 2. The highest BCUT2D eigenvalue weighted by molar-refractivity contribution is 5.92. The van der Waals surface area contributed by atoms with E-state index in [0.29, 0.717) is 17.6 Å². The fourth-order valence-corrected chi connectivity index (χ4v) is 3.21. The third kappa shape index (κ3) is 2.60. The van der Waals surface area contributed by atoms with Gasteiger partial charge in [-0.15, -0.1) is 0 Å². The van der Waals surface area contributed by atoms with Crippen molar-refractivity contribution < 1.29 is 4.79 Å². The van der Waals surface area contributed by atoms with Crippen LogP contribution in [0.5, 0.6) is 0 Å². The van der Waals surface area contributed by atoms with E-state index in [1.54, 1.807) is 6.20 Å². The Bertz CT molecular complexity index is 475. The van der Waals surface area contributed by atoms with E-state index >= 15 is 0 Å². The zero-order chi connectivity index (χ0) is 13.9. The van der Waals surface area contributed by atoms with Crippen LogP contribution in [-0.2, 0) is 0 Å². The molecule has 2 fully saturated rings. The summed E-state index contributed by atoms with van der Waals surface area (Å²) in [4.78, 5) is 23.0. The summed E-state index contributed by atoms with van der Waals surface area (Å²) in [6.45, 7) is 5.06. The fourth-order valence-electron chi connectivity index (χ4n) is 3.21. The lowest BCUT2D eigenvalue weighted by atomic mass is 10.1. The number of hydrogen-bond donors (Lipinski definition) is 2. The summed E-state index contributed by atoms with van der Waals surface area (Å²) < 4.78 is 0. The number of nitrogens with zero attached hydrogens (tertiary/aromatic N) is 3. The molecule has 3 rings (SSSR count). The van der Waals surface area contributed by atoms with Crippen molar-refractivity contribution in [1.29, 1.82) is 0 Å². The molecule has 3 heterocycles. The Kier molecular flexibility index (Phi) is 3.82. The molecule has 0 spiro atoms. The summed E-state index contributed by atoms with van der Waals surface area (Å²) in [5.74, 6) is 0.589. The van der Waals surface area contributed by atoms with Crippen molar-refractivity contribution in [1.82, 2.24) is 20.2 Å². The second-order valence-electron chi connectivity index (χ2n) is 5.43. The highest BCUT2D eigenvalue weighted by Gasteiger charge is 2.37. The van der Waals surface area contributed by atoms with Crippen LogP contribution in [0.25, 0.3) is 0 Å². The number of carbonyl (C=O) groups is 1. The highest BCUT2D eigenvalue weighted by Crippen LogP contribution is 2.27. The minimum atomic E-state index is -0.112. The van der Waals surface area contributed by atoms with Gasteiger partial charge in [0.15, 0.2) is 0 Å². The van der Waals surface area contributed by atoms with Gasteiger partial charge in [-0.25, -0.2) is 9.97 Å². The topological polar surface area (TPSA) is 70.2 Å². The first-order chi connectivity index (χ1) is 9.78. The molecule has 0 saturated carbocycles. The molecule has 2 aliphatic rings. The molecular formula is C14H21N5O. The van der Waals surface area contributed by atoms with Crippen LogP contribution in [0.4, 0.5) is 5.82 Å². The lowest BCUT2D eigenvalue weighted by Gasteiger charge is -2.20. The number of amides is 1. The van der Waals surface area contributed by atoms with E-state index in [1.807, 2.05) is 6.92 Å². The van der Waals surface area contributed by atoms with E-state index in [0.717, 1.165) is 19.5 Å². The Balaban J connectivity index is 1.61. The second-order valence-corrected chi connectivity index (χ2v) is 5.43. The molecule has 1 aromatic heterocycles. The maximum atomic E-state index is 12.2. The summed E-state index contributed by atoms with van der Waals surface area (Å²) in [6, 6.07) is 0.785. The van der Waals surface area contributed by atoms with Gasteiger partial charge in [0, 0.05) is 25.2 Å². The van der Waals surface area contributed by atoms with Gasteiger partial charge >= 0.3 is 0 Å². The summed E-state index contributed by atoms with van der Waals surface area (Å²) in [5, 5.41) is 6.18. The predicted molar refractivity (Wildman–Crippen MR) is 76.7 cm³/mol. The van der Waals surface area contributed by atoms with Crippen molar-refractivity contribution in [3.63, 3.8) is 0 Å². The Morgan fingerprint density at radius 1 is 1.35 bits per heavy atom. The molecule has 0 aliphatic carbocycles. The highest BCUT2D eigenvalue weighted by atomic mass is 16.2.